The molecule has 2 aliphatic heterocycles. The Morgan fingerprint density at radius 2 is 0.979 bits per heavy atom. The van der Waals surface area contributed by atoms with Gasteiger partial charge in [0.05, 0.1) is 25.0 Å². The van der Waals surface area contributed by atoms with Gasteiger partial charge in [-0.3, -0.25) is 0 Å². The lowest BCUT2D eigenvalue weighted by Gasteiger charge is -2.49. The Kier molecular flexibility index (Phi) is 11.1. The summed E-state index contributed by atoms with van der Waals surface area (Å²) < 4.78 is 312. The summed E-state index contributed by atoms with van der Waals surface area (Å²) in [6.45, 7) is -3.84. The first-order valence-electron chi connectivity index (χ1n) is 12.3. The molecule has 26 heteroatoms. The first-order chi connectivity index (χ1) is 20.6. The van der Waals surface area contributed by atoms with Gasteiger partial charge in [0, 0.05) is 19.3 Å². The van der Waals surface area contributed by atoms with Gasteiger partial charge in [0.25, 0.3) is 0 Å². The van der Waals surface area contributed by atoms with Crippen LogP contribution in [-0.2, 0) is 18.9 Å². The summed E-state index contributed by atoms with van der Waals surface area (Å²) >= 11 is 0. The zero-order valence-corrected chi connectivity index (χ0v) is 22.2. The van der Waals surface area contributed by atoms with Crippen molar-refractivity contribution in [3.05, 3.63) is 0 Å². The topological polar surface area (TPSA) is 36.9 Å². The molecular formula is C21H18F22O4. The quantitative estimate of drug-likeness (QED) is 0.183. The van der Waals surface area contributed by atoms with E-state index in [1.807, 2.05) is 0 Å². The van der Waals surface area contributed by atoms with Gasteiger partial charge in [-0.15, -0.1) is 0 Å². The molecule has 47 heavy (non-hydrogen) atoms. The van der Waals surface area contributed by atoms with E-state index < -0.39 is 130 Å². The van der Waals surface area contributed by atoms with Crippen molar-refractivity contribution in [2.24, 2.45) is 11.8 Å². The number of rotatable bonds is 8. The molecule has 2 fully saturated rings. The minimum atomic E-state index is -7.26. The smallest absolute Gasteiger partial charge is 0.346 e. The van der Waals surface area contributed by atoms with E-state index in [1.165, 1.54) is 0 Å². The van der Waals surface area contributed by atoms with Crippen LogP contribution >= 0.6 is 0 Å². The minimum absolute atomic E-state index is 1.57. The van der Waals surface area contributed by atoms with E-state index in [9.17, 15) is 92.2 Å². The second-order valence-electron chi connectivity index (χ2n) is 10.3. The third-order valence-corrected chi connectivity index (χ3v) is 7.05. The summed E-state index contributed by atoms with van der Waals surface area (Å²) in [4.78, 5) is 0. The van der Waals surface area contributed by atoms with E-state index >= 15 is 4.39 Å². The predicted molar refractivity (Wildman–Crippen MR) is 103 cm³/mol. The monoisotopic (exact) mass is 752 g/mol. The minimum Gasteiger partial charge on any atom is -0.346 e. The molecule has 0 radical (unpaired) electrons. The summed E-state index contributed by atoms with van der Waals surface area (Å²) in [5.74, 6) is -12.3. The fraction of sp³-hybridized carbons (Fsp3) is 1.00. The van der Waals surface area contributed by atoms with Crippen LogP contribution in [0.1, 0.15) is 32.1 Å². The third kappa shape index (κ3) is 8.04. The zero-order valence-electron chi connectivity index (χ0n) is 22.2. The first kappa shape index (κ1) is 41.5. The van der Waals surface area contributed by atoms with Crippen molar-refractivity contribution in [3.63, 3.8) is 0 Å². The van der Waals surface area contributed by atoms with Crippen LogP contribution in [0.15, 0.2) is 0 Å². The Labute approximate surface area is 246 Å². The molecule has 0 saturated carbocycles. The van der Waals surface area contributed by atoms with Crippen LogP contribution < -0.4 is 0 Å². The molecule has 0 bridgehead atoms. The second kappa shape index (κ2) is 12.6. The summed E-state index contributed by atoms with van der Waals surface area (Å²) in [6.07, 6.45) is -59.5. The van der Waals surface area contributed by atoms with Crippen molar-refractivity contribution in [1.29, 1.82) is 0 Å². The Morgan fingerprint density at radius 1 is 0.553 bits per heavy atom. The molecular weight excluding hydrogens is 734 g/mol. The van der Waals surface area contributed by atoms with Gasteiger partial charge in [-0.05, 0) is 12.8 Å². The lowest BCUT2D eigenvalue weighted by Crippen LogP contribution is -2.72. The maximum absolute atomic E-state index is 15.1. The molecule has 0 N–H and O–H groups in total. The predicted octanol–water partition coefficient (Wildman–Crippen LogP) is 9.04. The van der Waals surface area contributed by atoms with Gasteiger partial charge >= 0.3 is 54.4 Å². The van der Waals surface area contributed by atoms with Crippen molar-refractivity contribution in [3.8, 4) is 0 Å². The number of hydrogen-bond acceptors (Lipinski definition) is 4. The SMILES string of the molecule is FC1CC(C(F)(F)F)CC(OCCCOC2(F)CC(C(F)(F)F)CC(C(F)(C(F)(F)F)C(F)(F)F)O2)(C(F)(C(F)(F)F)C(F)(F)F)O1. The highest BCUT2D eigenvalue weighted by molar-refractivity contribution is 5.09. The van der Waals surface area contributed by atoms with Crippen LogP contribution in [0.5, 0.6) is 0 Å². The van der Waals surface area contributed by atoms with Crippen LogP contribution in [-0.4, -0.2) is 85.9 Å². The Morgan fingerprint density at radius 3 is 1.38 bits per heavy atom. The van der Waals surface area contributed by atoms with Crippen molar-refractivity contribution in [2.45, 2.75) is 105 Å². The van der Waals surface area contributed by atoms with Crippen LogP contribution in [0.25, 0.3) is 0 Å². The summed E-state index contributed by atoms with van der Waals surface area (Å²) in [7, 11) is 0. The Bertz CT molecular complexity index is 1030. The van der Waals surface area contributed by atoms with Crippen molar-refractivity contribution in [2.75, 3.05) is 13.2 Å². The van der Waals surface area contributed by atoms with Gasteiger partial charge in [0.2, 0.25) is 12.1 Å². The largest absolute Gasteiger partial charge is 0.437 e. The molecule has 0 amide bonds. The van der Waals surface area contributed by atoms with E-state index in [0.717, 1.165) is 0 Å². The number of ether oxygens (including phenoxy) is 4. The molecule has 280 valence electrons. The van der Waals surface area contributed by atoms with Crippen LogP contribution in [0.2, 0.25) is 0 Å². The van der Waals surface area contributed by atoms with E-state index in [0.29, 0.717) is 0 Å². The van der Waals surface area contributed by atoms with Gasteiger partial charge < -0.3 is 18.9 Å². The Balaban J connectivity index is 2.38. The summed E-state index contributed by atoms with van der Waals surface area (Å²) in [5.41, 5.74) is -13.6. The Hall–Kier alpha value is -1.70. The molecule has 0 aromatic rings. The molecule has 2 heterocycles. The highest BCUT2D eigenvalue weighted by Gasteiger charge is 2.85. The number of hydrogen-bond donors (Lipinski definition) is 0. The molecule has 0 aromatic heterocycles. The standard InChI is InChI=1S/C21H18F22O4/c22-11-5-9(16(28,29)30)6-12(47-11,17(31,20(38,39)40)21(41,42)43)44-2-1-3-45-13(23)7-8(15(25,26)27)4-10(46-13)14(24,18(32,33)34)19(35,36)37/h8-11H,1-7H2. The normalized spacial score (nSPS) is 31.3. The molecule has 2 saturated heterocycles. The van der Waals surface area contributed by atoms with Crippen molar-refractivity contribution in [1.82, 2.24) is 0 Å². The summed E-state index contributed by atoms with van der Waals surface area (Å²) in [6, 6.07) is -4.75. The molecule has 6 unspecified atom stereocenters. The lowest BCUT2D eigenvalue weighted by atomic mass is 9.81. The molecule has 6 atom stereocenters. The first-order valence-corrected chi connectivity index (χ1v) is 12.3. The van der Waals surface area contributed by atoms with Crippen molar-refractivity contribution < 1.29 is 116 Å². The van der Waals surface area contributed by atoms with Gasteiger partial charge in [-0.1, -0.05) is 0 Å². The number of halogens is 22. The van der Waals surface area contributed by atoms with Crippen LogP contribution in [0, 0.1) is 11.8 Å². The average Bonchev–Trinajstić information content (AvgIpc) is 2.82. The summed E-state index contributed by atoms with van der Waals surface area (Å²) in [5, 5.41) is 0. The maximum atomic E-state index is 15.1. The maximum Gasteiger partial charge on any atom is 0.437 e. The highest BCUT2D eigenvalue weighted by atomic mass is 19.4. The average molecular weight is 752 g/mol. The lowest BCUT2D eigenvalue weighted by molar-refractivity contribution is -0.469. The molecule has 4 nitrogen and oxygen atoms in total. The van der Waals surface area contributed by atoms with Crippen LogP contribution in [0.3, 0.4) is 0 Å². The van der Waals surface area contributed by atoms with Gasteiger partial charge in [-0.2, -0.15) is 83.4 Å². The van der Waals surface area contributed by atoms with E-state index in [-0.39, 0.29) is 0 Å². The molecule has 0 aliphatic carbocycles. The van der Waals surface area contributed by atoms with E-state index in [2.05, 4.69) is 18.9 Å². The van der Waals surface area contributed by atoms with Gasteiger partial charge in [-0.25, -0.2) is 13.2 Å². The second-order valence-corrected chi connectivity index (χ2v) is 10.3. The van der Waals surface area contributed by atoms with Gasteiger partial charge in [0.15, 0.2) is 0 Å². The van der Waals surface area contributed by atoms with Crippen molar-refractivity contribution >= 4 is 0 Å². The molecule has 0 spiro atoms. The number of alkyl halides is 22. The van der Waals surface area contributed by atoms with E-state index in [4.69, 9.17) is 0 Å². The fourth-order valence-electron chi connectivity index (χ4n) is 4.77. The van der Waals surface area contributed by atoms with Gasteiger partial charge in [0.1, 0.15) is 6.10 Å². The molecule has 2 rings (SSSR count). The zero-order chi connectivity index (χ0) is 37.1. The molecule has 2 aliphatic rings. The highest BCUT2D eigenvalue weighted by Crippen LogP contribution is 2.60. The molecule has 0 aromatic carbocycles. The van der Waals surface area contributed by atoms with Crippen LogP contribution in [0.4, 0.5) is 96.6 Å². The third-order valence-electron chi connectivity index (χ3n) is 7.05. The van der Waals surface area contributed by atoms with E-state index in [1.54, 1.807) is 0 Å². The fourth-order valence-corrected chi connectivity index (χ4v) is 4.77.